The number of benzene rings is 2. The maximum absolute atomic E-state index is 12.0. The van der Waals surface area contributed by atoms with Crippen LogP contribution in [0.5, 0.6) is 5.75 Å². The van der Waals surface area contributed by atoms with Crippen LogP contribution in [0.4, 0.5) is 10.5 Å². The quantitative estimate of drug-likeness (QED) is 0.495. The molecule has 29 heavy (non-hydrogen) atoms. The number of ether oxygens (including phenoxy) is 1. The number of rotatable bonds is 5. The second-order valence-corrected chi connectivity index (χ2v) is 6.65. The van der Waals surface area contributed by atoms with Crippen LogP contribution in [0.15, 0.2) is 48.0 Å². The number of barbiturate groups is 1. The molecular formula is C19H13Cl2N3O5. The molecule has 0 spiro atoms. The van der Waals surface area contributed by atoms with Gasteiger partial charge in [0.1, 0.15) is 11.3 Å². The summed E-state index contributed by atoms with van der Waals surface area (Å²) in [5.41, 5.74) is 0.719. The molecule has 148 valence electrons. The summed E-state index contributed by atoms with van der Waals surface area (Å²) in [6, 6.07) is 10.2. The van der Waals surface area contributed by atoms with Crippen molar-refractivity contribution < 1.29 is 23.9 Å². The van der Waals surface area contributed by atoms with Crippen LogP contribution in [-0.4, -0.2) is 30.4 Å². The van der Waals surface area contributed by atoms with Crippen LogP contribution in [0, 0.1) is 0 Å². The first-order chi connectivity index (χ1) is 13.8. The number of hydrogen-bond donors (Lipinski definition) is 3. The molecule has 0 aliphatic carbocycles. The number of urea groups is 1. The number of carbonyl (C=O) groups is 4. The van der Waals surface area contributed by atoms with E-state index in [0.29, 0.717) is 27.0 Å². The van der Waals surface area contributed by atoms with Gasteiger partial charge in [-0.3, -0.25) is 25.0 Å². The number of anilines is 1. The third-order valence-electron chi connectivity index (χ3n) is 3.69. The zero-order valence-electron chi connectivity index (χ0n) is 14.6. The van der Waals surface area contributed by atoms with Crippen LogP contribution < -0.4 is 20.7 Å². The van der Waals surface area contributed by atoms with Gasteiger partial charge in [0, 0.05) is 5.69 Å². The van der Waals surface area contributed by atoms with E-state index in [9.17, 15) is 19.2 Å². The van der Waals surface area contributed by atoms with Gasteiger partial charge in [-0.15, -0.1) is 0 Å². The first-order valence-corrected chi connectivity index (χ1v) is 8.93. The molecule has 1 aliphatic rings. The molecule has 2 aromatic carbocycles. The highest BCUT2D eigenvalue weighted by Gasteiger charge is 2.27. The Morgan fingerprint density at radius 2 is 1.72 bits per heavy atom. The normalized spacial score (nSPS) is 13.4. The average Bonchev–Trinajstić information content (AvgIpc) is 2.66. The Labute approximate surface area is 174 Å². The summed E-state index contributed by atoms with van der Waals surface area (Å²) in [5.74, 6) is -1.68. The third-order valence-corrected chi connectivity index (χ3v) is 4.42. The number of hydrogen-bond acceptors (Lipinski definition) is 5. The van der Waals surface area contributed by atoms with Gasteiger partial charge in [-0.05, 0) is 42.0 Å². The molecule has 0 unspecified atom stereocenters. The molecule has 2 aromatic rings. The highest BCUT2D eigenvalue weighted by molar-refractivity contribution is 6.42. The molecule has 0 saturated carbocycles. The molecular weight excluding hydrogens is 421 g/mol. The molecule has 10 heteroatoms. The zero-order valence-corrected chi connectivity index (χ0v) is 16.1. The minimum atomic E-state index is -0.873. The molecule has 8 nitrogen and oxygen atoms in total. The van der Waals surface area contributed by atoms with Crippen LogP contribution in [0.1, 0.15) is 5.56 Å². The van der Waals surface area contributed by atoms with Crippen molar-refractivity contribution in [2.24, 2.45) is 0 Å². The first-order valence-electron chi connectivity index (χ1n) is 8.18. The van der Waals surface area contributed by atoms with E-state index in [0.717, 1.165) is 0 Å². The fourth-order valence-corrected chi connectivity index (χ4v) is 2.69. The summed E-state index contributed by atoms with van der Waals surface area (Å²) in [6.07, 6.45) is 1.31. The monoisotopic (exact) mass is 433 g/mol. The minimum absolute atomic E-state index is 0.223. The van der Waals surface area contributed by atoms with Crippen molar-refractivity contribution in [3.05, 3.63) is 63.6 Å². The van der Waals surface area contributed by atoms with Crippen LogP contribution in [0.2, 0.25) is 10.0 Å². The predicted molar refractivity (Wildman–Crippen MR) is 107 cm³/mol. The molecule has 1 heterocycles. The summed E-state index contributed by atoms with van der Waals surface area (Å²) in [4.78, 5) is 46.7. The Balaban J connectivity index is 1.64. The van der Waals surface area contributed by atoms with E-state index in [1.54, 1.807) is 30.3 Å². The summed E-state index contributed by atoms with van der Waals surface area (Å²) in [7, 11) is 0. The van der Waals surface area contributed by atoms with Gasteiger partial charge in [0.05, 0.1) is 10.0 Å². The smallest absolute Gasteiger partial charge is 0.328 e. The van der Waals surface area contributed by atoms with Gasteiger partial charge in [0.2, 0.25) is 0 Å². The highest BCUT2D eigenvalue weighted by atomic mass is 35.5. The minimum Gasteiger partial charge on any atom is -0.484 e. The SMILES string of the molecule is O=C(COc1cccc(C=C2C(=O)NC(=O)NC2=O)c1)Nc1ccc(Cl)c(Cl)c1. The van der Waals surface area contributed by atoms with Gasteiger partial charge in [0.15, 0.2) is 6.61 Å². The molecule has 5 amide bonds. The van der Waals surface area contributed by atoms with Crippen molar-refractivity contribution in [2.75, 3.05) is 11.9 Å². The lowest BCUT2D eigenvalue weighted by Crippen LogP contribution is -2.51. The summed E-state index contributed by atoms with van der Waals surface area (Å²) >= 11 is 11.7. The number of carbonyl (C=O) groups excluding carboxylic acids is 4. The van der Waals surface area contributed by atoms with Crippen molar-refractivity contribution in [3.63, 3.8) is 0 Å². The molecule has 1 fully saturated rings. The van der Waals surface area contributed by atoms with Crippen molar-refractivity contribution in [1.82, 2.24) is 10.6 Å². The fraction of sp³-hybridized carbons (Fsp3) is 0.0526. The molecule has 0 bridgehead atoms. The topological polar surface area (TPSA) is 114 Å². The molecule has 0 atom stereocenters. The summed E-state index contributed by atoms with van der Waals surface area (Å²) in [6.45, 7) is -0.282. The Bertz CT molecular complexity index is 1030. The number of imide groups is 2. The van der Waals surface area contributed by atoms with E-state index in [2.05, 4.69) is 5.32 Å². The molecule has 1 saturated heterocycles. The van der Waals surface area contributed by atoms with E-state index < -0.39 is 23.8 Å². The maximum atomic E-state index is 12.0. The lowest BCUT2D eigenvalue weighted by atomic mass is 10.1. The van der Waals surface area contributed by atoms with Crippen LogP contribution in [-0.2, 0) is 14.4 Å². The Morgan fingerprint density at radius 1 is 1.00 bits per heavy atom. The average molecular weight is 434 g/mol. The second kappa shape index (κ2) is 8.76. The van der Waals surface area contributed by atoms with E-state index in [-0.39, 0.29) is 12.2 Å². The van der Waals surface area contributed by atoms with Crippen LogP contribution in [0.3, 0.4) is 0 Å². The van der Waals surface area contributed by atoms with Crippen molar-refractivity contribution in [3.8, 4) is 5.75 Å². The Kier molecular flexibility index (Phi) is 6.16. The zero-order chi connectivity index (χ0) is 21.0. The highest BCUT2D eigenvalue weighted by Crippen LogP contribution is 2.25. The predicted octanol–water partition coefficient (Wildman–Crippen LogP) is 2.76. The van der Waals surface area contributed by atoms with Crippen molar-refractivity contribution in [1.29, 1.82) is 0 Å². The van der Waals surface area contributed by atoms with Crippen LogP contribution >= 0.6 is 23.2 Å². The van der Waals surface area contributed by atoms with Gasteiger partial charge in [-0.25, -0.2) is 4.79 Å². The standard InChI is InChI=1S/C19H13Cl2N3O5/c20-14-5-4-11(8-15(14)21)22-16(25)9-29-12-3-1-2-10(6-12)7-13-17(26)23-19(28)24-18(13)27/h1-8H,9H2,(H,22,25)(H2,23,24,26,27,28). The first kappa shape index (κ1) is 20.4. The largest absolute Gasteiger partial charge is 0.484 e. The Hall–Kier alpha value is -3.36. The van der Waals surface area contributed by atoms with Crippen molar-refractivity contribution >= 4 is 58.7 Å². The van der Waals surface area contributed by atoms with E-state index in [1.807, 2.05) is 10.6 Å². The molecule has 0 aromatic heterocycles. The molecule has 1 aliphatic heterocycles. The van der Waals surface area contributed by atoms with E-state index >= 15 is 0 Å². The van der Waals surface area contributed by atoms with Crippen molar-refractivity contribution in [2.45, 2.75) is 0 Å². The third kappa shape index (κ3) is 5.34. The lowest BCUT2D eigenvalue weighted by Gasteiger charge is -2.14. The van der Waals surface area contributed by atoms with E-state index in [1.165, 1.54) is 18.2 Å². The van der Waals surface area contributed by atoms with Gasteiger partial charge < -0.3 is 10.1 Å². The maximum Gasteiger partial charge on any atom is 0.328 e. The Morgan fingerprint density at radius 3 is 2.41 bits per heavy atom. The summed E-state index contributed by atoms with van der Waals surface area (Å²) in [5, 5.41) is 7.27. The number of amides is 5. The van der Waals surface area contributed by atoms with Gasteiger partial charge in [-0.1, -0.05) is 35.3 Å². The molecule has 3 N–H and O–H groups in total. The van der Waals surface area contributed by atoms with Crippen LogP contribution in [0.25, 0.3) is 6.08 Å². The molecule has 3 rings (SSSR count). The van der Waals surface area contributed by atoms with Gasteiger partial charge in [0.25, 0.3) is 17.7 Å². The summed E-state index contributed by atoms with van der Waals surface area (Å²) < 4.78 is 5.44. The second-order valence-electron chi connectivity index (χ2n) is 5.83. The lowest BCUT2D eigenvalue weighted by molar-refractivity contribution is -0.124. The number of nitrogens with one attached hydrogen (secondary N) is 3. The van der Waals surface area contributed by atoms with E-state index in [4.69, 9.17) is 27.9 Å². The number of halogens is 2. The molecule has 0 radical (unpaired) electrons. The fourth-order valence-electron chi connectivity index (χ4n) is 2.39. The van der Waals surface area contributed by atoms with Gasteiger partial charge in [-0.2, -0.15) is 0 Å². The van der Waals surface area contributed by atoms with Gasteiger partial charge >= 0.3 is 6.03 Å².